The van der Waals surface area contributed by atoms with Gasteiger partial charge in [-0.05, 0) is 19.9 Å². The molecule has 34 heavy (non-hydrogen) atoms. The third-order valence-electron chi connectivity index (χ3n) is 4.91. The van der Waals surface area contributed by atoms with Gasteiger partial charge in [0.15, 0.2) is 5.52 Å². The van der Waals surface area contributed by atoms with Gasteiger partial charge in [0.2, 0.25) is 5.13 Å². The van der Waals surface area contributed by atoms with E-state index in [0.717, 1.165) is 11.3 Å². The van der Waals surface area contributed by atoms with Gasteiger partial charge < -0.3 is 14.6 Å². The first-order valence-electron chi connectivity index (χ1n) is 10.3. The molecule has 4 aromatic rings. The summed E-state index contributed by atoms with van der Waals surface area (Å²) in [5.74, 6) is -0.754. The van der Waals surface area contributed by atoms with Crippen LogP contribution in [0, 0.1) is 0 Å². The van der Waals surface area contributed by atoms with Gasteiger partial charge in [0.05, 0.1) is 32.2 Å². The van der Waals surface area contributed by atoms with Crippen LogP contribution in [0.5, 0.6) is 5.75 Å². The Hall–Kier alpha value is -3.84. The molecule has 0 aliphatic rings. The van der Waals surface area contributed by atoms with Crippen LogP contribution in [0.1, 0.15) is 25.5 Å². The summed E-state index contributed by atoms with van der Waals surface area (Å²) in [6, 6.07) is 7.25. The number of carboxylic acids is 1. The number of benzene rings is 1. The number of hydrogen-bond donors (Lipinski definition) is 1. The average Bonchev–Trinajstić information content (AvgIpc) is 3.48. The van der Waals surface area contributed by atoms with E-state index in [2.05, 4.69) is 15.2 Å². The van der Waals surface area contributed by atoms with Crippen molar-refractivity contribution in [2.24, 2.45) is 0 Å². The molecule has 3 heterocycles. The molecule has 1 N–H and O–H groups in total. The Labute approximate surface area is 196 Å². The monoisotopic (exact) mass is 486 g/mol. The van der Waals surface area contributed by atoms with Gasteiger partial charge in [0.1, 0.15) is 23.2 Å². The van der Waals surface area contributed by atoms with E-state index in [9.17, 15) is 19.5 Å². The smallest absolute Gasteiger partial charge is 0.332 e. The number of aliphatic carboxylic acids is 1. The molecule has 0 saturated heterocycles. The molecule has 0 radical (unpaired) electrons. The van der Waals surface area contributed by atoms with Gasteiger partial charge >= 0.3 is 11.7 Å². The second-order valence-electron chi connectivity index (χ2n) is 7.56. The number of rotatable bonds is 9. The predicted molar refractivity (Wildman–Crippen MR) is 123 cm³/mol. The summed E-state index contributed by atoms with van der Waals surface area (Å²) in [5.41, 5.74) is -0.933. The highest BCUT2D eigenvalue weighted by atomic mass is 32.1. The standard InChI is InChI=1S/C21H22N6O6S/c1-12(2)33-15(13-6-4-5-7-14(13)32-3)10-26-19-17(18(30)25(21(26)31)11-16(28)29)24-20(34-19)27-22-8-9-23-27/h4-9,12,15H,10-11H2,1-3H3,(H,28,29)/t15-/m0/s1. The lowest BCUT2D eigenvalue weighted by molar-refractivity contribution is -0.137. The van der Waals surface area contributed by atoms with Crippen molar-refractivity contribution in [2.45, 2.75) is 39.1 Å². The fourth-order valence-corrected chi connectivity index (χ4v) is 4.53. The summed E-state index contributed by atoms with van der Waals surface area (Å²) < 4.78 is 13.6. The fraction of sp³-hybridized carbons (Fsp3) is 0.333. The summed E-state index contributed by atoms with van der Waals surface area (Å²) in [6.07, 6.45) is 2.07. The number of aromatic nitrogens is 6. The van der Waals surface area contributed by atoms with Crippen LogP contribution in [0.15, 0.2) is 46.2 Å². The molecule has 3 aromatic heterocycles. The summed E-state index contributed by atoms with van der Waals surface area (Å²) >= 11 is 1.05. The lowest BCUT2D eigenvalue weighted by Crippen LogP contribution is -2.42. The zero-order chi connectivity index (χ0) is 24.4. The Morgan fingerprint density at radius 3 is 2.50 bits per heavy atom. The quantitative estimate of drug-likeness (QED) is 0.372. The highest BCUT2D eigenvalue weighted by Gasteiger charge is 2.25. The number of fused-ring (bicyclic) bond motifs is 1. The van der Waals surface area contributed by atoms with E-state index >= 15 is 0 Å². The number of thiazole rings is 1. The molecule has 0 amide bonds. The first-order valence-corrected chi connectivity index (χ1v) is 11.1. The first kappa shape index (κ1) is 23.3. The summed E-state index contributed by atoms with van der Waals surface area (Å²) in [4.78, 5) is 43.5. The number of nitrogens with zero attached hydrogens (tertiary/aromatic N) is 6. The van der Waals surface area contributed by atoms with Crippen LogP contribution in [0.3, 0.4) is 0 Å². The molecule has 0 fully saturated rings. The van der Waals surface area contributed by atoms with Crippen molar-refractivity contribution in [1.29, 1.82) is 0 Å². The zero-order valence-electron chi connectivity index (χ0n) is 18.6. The van der Waals surface area contributed by atoms with Gasteiger partial charge in [-0.3, -0.25) is 14.2 Å². The lowest BCUT2D eigenvalue weighted by atomic mass is 10.1. The van der Waals surface area contributed by atoms with Crippen LogP contribution >= 0.6 is 11.3 Å². The van der Waals surface area contributed by atoms with Crippen LogP contribution in [-0.2, 0) is 22.6 Å². The fourth-order valence-electron chi connectivity index (χ4n) is 3.55. The Bertz CT molecular complexity index is 1440. The summed E-state index contributed by atoms with van der Waals surface area (Å²) in [5, 5.41) is 17.6. The van der Waals surface area contributed by atoms with E-state index in [0.29, 0.717) is 15.9 Å². The van der Waals surface area contributed by atoms with Crippen LogP contribution < -0.4 is 16.0 Å². The topological polar surface area (TPSA) is 143 Å². The maximum absolute atomic E-state index is 13.4. The van der Waals surface area contributed by atoms with Crippen LogP contribution in [0.25, 0.3) is 15.5 Å². The maximum Gasteiger partial charge on any atom is 0.332 e. The summed E-state index contributed by atoms with van der Waals surface area (Å²) in [7, 11) is 1.54. The van der Waals surface area contributed by atoms with Gasteiger partial charge in [0, 0.05) is 5.56 Å². The van der Waals surface area contributed by atoms with Crippen molar-refractivity contribution >= 4 is 27.7 Å². The largest absolute Gasteiger partial charge is 0.496 e. The van der Waals surface area contributed by atoms with E-state index in [1.807, 2.05) is 32.0 Å². The minimum absolute atomic E-state index is 0.0119. The zero-order valence-corrected chi connectivity index (χ0v) is 19.4. The average molecular weight is 487 g/mol. The van der Waals surface area contributed by atoms with Gasteiger partial charge in [-0.15, -0.1) is 4.80 Å². The van der Waals surface area contributed by atoms with Gasteiger partial charge in [-0.25, -0.2) is 14.3 Å². The lowest BCUT2D eigenvalue weighted by Gasteiger charge is -2.24. The van der Waals surface area contributed by atoms with E-state index in [-0.39, 0.29) is 28.1 Å². The Kier molecular flexibility index (Phi) is 6.56. The first-order chi connectivity index (χ1) is 16.3. The van der Waals surface area contributed by atoms with E-state index in [1.54, 1.807) is 6.07 Å². The van der Waals surface area contributed by atoms with Crippen LogP contribution in [0.4, 0.5) is 0 Å². The normalized spacial score (nSPS) is 12.4. The number of hydrogen-bond acceptors (Lipinski definition) is 9. The molecule has 1 atom stereocenters. The van der Waals surface area contributed by atoms with Crippen molar-refractivity contribution in [3.8, 4) is 10.9 Å². The molecule has 0 bridgehead atoms. The highest BCUT2D eigenvalue weighted by molar-refractivity contribution is 7.20. The summed E-state index contributed by atoms with van der Waals surface area (Å²) in [6.45, 7) is 2.91. The number of carboxylic acid groups (broad SMARTS) is 1. The predicted octanol–water partition coefficient (Wildman–Crippen LogP) is 1.46. The SMILES string of the molecule is COc1ccccc1[C@H](Cn1c(=O)n(CC(=O)O)c(=O)c2nc(-n3nccn3)sc21)OC(C)C. The molecule has 0 saturated carbocycles. The highest BCUT2D eigenvalue weighted by Crippen LogP contribution is 2.31. The van der Waals surface area contributed by atoms with Crippen molar-refractivity contribution in [3.05, 3.63) is 63.1 Å². The van der Waals surface area contributed by atoms with Crippen molar-refractivity contribution in [3.63, 3.8) is 0 Å². The number of methoxy groups -OCH3 is 1. The molecule has 0 aliphatic heterocycles. The van der Waals surface area contributed by atoms with Crippen molar-refractivity contribution < 1.29 is 19.4 Å². The van der Waals surface area contributed by atoms with Gasteiger partial charge in [-0.1, -0.05) is 29.5 Å². The van der Waals surface area contributed by atoms with Crippen molar-refractivity contribution in [2.75, 3.05) is 7.11 Å². The Morgan fingerprint density at radius 1 is 1.15 bits per heavy atom. The minimum atomic E-state index is -1.32. The number of ether oxygens (including phenoxy) is 2. The Balaban J connectivity index is 1.94. The second kappa shape index (κ2) is 9.57. The molecule has 0 spiro atoms. The number of carbonyl (C=O) groups is 1. The van der Waals surface area contributed by atoms with Crippen molar-refractivity contribution in [1.82, 2.24) is 29.1 Å². The molecular weight excluding hydrogens is 464 g/mol. The van der Waals surface area contributed by atoms with E-state index in [1.165, 1.54) is 28.9 Å². The maximum atomic E-state index is 13.4. The van der Waals surface area contributed by atoms with Crippen LogP contribution in [-0.4, -0.2) is 53.4 Å². The molecular formula is C21H22N6O6S. The minimum Gasteiger partial charge on any atom is -0.496 e. The van der Waals surface area contributed by atoms with Gasteiger partial charge in [-0.2, -0.15) is 10.2 Å². The molecule has 1 aromatic carbocycles. The van der Waals surface area contributed by atoms with E-state index < -0.39 is 29.9 Å². The second-order valence-corrected chi connectivity index (χ2v) is 8.52. The Morgan fingerprint density at radius 2 is 1.85 bits per heavy atom. The van der Waals surface area contributed by atoms with E-state index in [4.69, 9.17) is 9.47 Å². The molecule has 4 rings (SSSR count). The van der Waals surface area contributed by atoms with Crippen LogP contribution in [0.2, 0.25) is 0 Å². The molecule has 13 heteroatoms. The van der Waals surface area contributed by atoms with Gasteiger partial charge in [0.25, 0.3) is 5.56 Å². The third kappa shape index (κ3) is 4.47. The molecule has 0 unspecified atom stereocenters. The third-order valence-corrected chi connectivity index (χ3v) is 5.95. The molecule has 178 valence electrons. The number of para-hydroxylation sites is 1. The molecule has 0 aliphatic carbocycles. The molecule has 12 nitrogen and oxygen atoms in total.